The Kier molecular flexibility index (Phi) is 4.86. The molecule has 0 amide bonds. The van der Waals surface area contributed by atoms with E-state index in [-0.39, 0.29) is 0 Å². The molecular weight excluding hydrogens is 392 g/mol. The van der Waals surface area contributed by atoms with Crippen LogP contribution in [0.3, 0.4) is 0 Å². The molecule has 1 N–H and O–H groups in total. The summed E-state index contributed by atoms with van der Waals surface area (Å²) < 4.78 is 2.18. The Hall–Kier alpha value is -1.00. The maximum atomic E-state index is 3.58. The van der Waals surface area contributed by atoms with Gasteiger partial charge >= 0.3 is 0 Å². The van der Waals surface area contributed by atoms with Crippen LogP contribution in [0.5, 0.6) is 0 Å². The quantitative estimate of drug-likeness (QED) is 0.724. The van der Waals surface area contributed by atoms with Gasteiger partial charge in [0.1, 0.15) is 0 Å². The SMILES string of the molecule is Brc1ccc(CNc2ccccc2N2CCCC2)cc1Br. The number of hydrogen-bond acceptors (Lipinski definition) is 2. The molecule has 0 aromatic heterocycles. The molecule has 1 aliphatic rings. The van der Waals surface area contributed by atoms with E-state index in [4.69, 9.17) is 0 Å². The van der Waals surface area contributed by atoms with E-state index < -0.39 is 0 Å². The second-order valence-electron chi connectivity index (χ2n) is 5.31. The molecule has 1 saturated heterocycles. The molecule has 21 heavy (non-hydrogen) atoms. The van der Waals surface area contributed by atoms with E-state index in [0.29, 0.717) is 0 Å². The van der Waals surface area contributed by atoms with E-state index in [1.807, 2.05) is 0 Å². The van der Waals surface area contributed by atoms with Crippen LogP contribution in [0.4, 0.5) is 11.4 Å². The maximum Gasteiger partial charge on any atom is 0.0602 e. The van der Waals surface area contributed by atoms with Crippen molar-refractivity contribution in [1.29, 1.82) is 0 Å². The van der Waals surface area contributed by atoms with Gasteiger partial charge in [-0.25, -0.2) is 0 Å². The molecule has 1 aliphatic heterocycles. The number of nitrogens with zero attached hydrogens (tertiary/aromatic N) is 1. The number of anilines is 2. The summed E-state index contributed by atoms with van der Waals surface area (Å²) in [5.41, 5.74) is 3.81. The zero-order valence-electron chi connectivity index (χ0n) is 11.8. The highest BCUT2D eigenvalue weighted by molar-refractivity contribution is 9.13. The van der Waals surface area contributed by atoms with Crippen LogP contribution >= 0.6 is 31.9 Å². The third kappa shape index (κ3) is 3.61. The first-order chi connectivity index (χ1) is 10.2. The molecule has 2 aromatic rings. The lowest BCUT2D eigenvalue weighted by atomic mass is 10.2. The molecule has 0 spiro atoms. The molecule has 0 unspecified atom stereocenters. The molecule has 1 fully saturated rings. The molecule has 2 nitrogen and oxygen atoms in total. The Balaban J connectivity index is 1.74. The molecular formula is C17H18Br2N2. The Morgan fingerprint density at radius 1 is 0.952 bits per heavy atom. The van der Waals surface area contributed by atoms with Crippen molar-refractivity contribution in [3.05, 3.63) is 57.0 Å². The Bertz CT molecular complexity index is 622. The first-order valence-electron chi connectivity index (χ1n) is 7.26. The van der Waals surface area contributed by atoms with Crippen LogP contribution in [0.25, 0.3) is 0 Å². The van der Waals surface area contributed by atoms with Gasteiger partial charge in [0.05, 0.1) is 11.4 Å². The van der Waals surface area contributed by atoms with Crippen LogP contribution in [-0.4, -0.2) is 13.1 Å². The van der Waals surface area contributed by atoms with Gasteiger partial charge in [-0.1, -0.05) is 18.2 Å². The second-order valence-corrected chi connectivity index (χ2v) is 7.02. The van der Waals surface area contributed by atoms with Gasteiger partial charge in [-0.15, -0.1) is 0 Å². The number of rotatable bonds is 4. The molecule has 0 radical (unpaired) electrons. The van der Waals surface area contributed by atoms with Gasteiger partial charge < -0.3 is 10.2 Å². The Morgan fingerprint density at radius 2 is 1.71 bits per heavy atom. The summed E-state index contributed by atoms with van der Waals surface area (Å²) in [5, 5.41) is 3.58. The highest BCUT2D eigenvalue weighted by atomic mass is 79.9. The fourth-order valence-corrected chi connectivity index (χ4v) is 3.38. The van der Waals surface area contributed by atoms with E-state index >= 15 is 0 Å². The average Bonchev–Trinajstić information content (AvgIpc) is 3.03. The van der Waals surface area contributed by atoms with Gasteiger partial charge in [0, 0.05) is 28.6 Å². The molecule has 1 heterocycles. The van der Waals surface area contributed by atoms with Crippen LogP contribution < -0.4 is 10.2 Å². The molecule has 2 aromatic carbocycles. The van der Waals surface area contributed by atoms with E-state index in [1.165, 1.54) is 42.9 Å². The molecule has 110 valence electrons. The second kappa shape index (κ2) is 6.84. The monoisotopic (exact) mass is 408 g/mol. The van der Waals surface area contributed by atoms with Gasteiger partial charge in [-0.3, -0.25) is 0 Å². The minimum atomic E-state index is 0.830. The lowest BCUT2D eigenvalue weighted by Crippen LogP contribution is -2.19. The summed E-state index contributed by atoms with van der Waals surface area (Å²) in [5.74, 6) is 0. The minimum absolute atomic E-state index is 0.830. The molecule has 3 rings (SSSR count). The number of benzene rings is 2. The fourth-order valence-electron chi connectivity index (χ4n) is 2.70. The first kappa shape index (κ1) is 14.9. The molecule has 0 bridgehead atoms. The number of nitrogens with one attached hydrogen (secondary N) is 1. The van der Waals surface area contributed by atoms with E-state index in [1.54, 1.807) is 0 Å². The lowest BCUT2D eigenvalue weighted by Gasteiger charge is -2.22. The zero-order chi connectivity index (χ0) is 14.7. The summed E-state index contributed by atoms with van der Waals surface area (Å²) in [6.45, 7) is 3.17. The minimum Gasteiger partial charge on any atom is -0.379 e. The largest absolute Gasteiger partial charge is 0.379 e. The van der Waals surface area contributed by atoms with Gasteiger partial charge in [-0.2, -0.15) is 0 Å². The maximum absolute atomic E-state index is 3.58. The number of para-hydroxylation sites is 2. The highest BCUT2D eigenvalue weighted by Crippen LogP contribution is 2.29. The van der Waals surface area contributed by atoms with Gasteiger partial charge in [0.25, 0.3) is 0 Å². The van der Waals surface area contributed by atoms with Crippen molar-refractivity contribution in [2.45, 2.75) is 19.4 Å². The standard InChI is InChI=1S/C17H18Br2N2/c18-14-8-7-13(11-15(14)19)12-20-16-5-1-2-6-17(16)21-9-3-4-10-21/h1-2,5-8,11,20H,3-4,9-10,12H2. The van der Waals surface area contributed by atoms with E-state index in [0.717, 1.165) is 15.5 Å². The van der Waals surface area contributed by atoms with Crippen LogP contribution in [-0.2, 0) is 6.54 Å². The van der Waals surface area contributed by atoms with Crippen molar-refractivity contribution in [3.63, 3.8) is 0 Å². The summed E-state index contributed by atoms with van der Waals surface area (Å²) >= 11 is 7.07. The third-order valence-corrected chi connectivity index (χ3v) is 5.70. The number of halogens is 2. The predicted molar refractivity (Wildman–Crippen MR) is 97.1 cm³/mol. The van der Waals surface area contributed by atoms with Crippen LogP contribution in [0.15, 0.2) is 51.4 Å². The summed E-state index contributed by atoms with van der Waals surface area (Å²) in [6, 6.07) is 15.0. The summed E-state index contributed by atoms with van der Waals surface area (Å²) in [6.07, 6.45) is 2.60. The first-order valence-corrected chi connectivity index (χ1v) is 8.84. The van der Waals surface area contributed by atoms with Crippen molar-refractivity contribution in [3.8, 4) is 0 Å². The molecule has 0 saturated carbocycles. The molecule has 0 atom stereocenters. The van der Waals surface area contributed by atoms with E-state index in [9.17, 15) is 0 Å². The highest BCUT2D eigenvalue weighted by Gasteiger charge is 2.15. The third-order valence-electron chi connectivity index (χ3n) is 3.82. The fraction of sp³-hybridized carbons (Fsp3) is 0.294. The van der Waals surface area contributed by atoms with Gasteiger partial charge in [0.15, 0.2) is 0 Å². The predicted octanol–water partition coefficient (Wildman–Crippen LogP) is 5.42. The topological polar surface area (TPSA) is 15.3 Å². The molecule has 0 aliphatic carbocycles. The summed E-state index contributed by atoms with van der Waals surface area (Å²) in [7, 11) is 0. The molecule has 4 heteroatoms. The summed E-state index contributed by atoms with van der Waals surface area (Å²) in [4.78, 5) is 2.47. The van der Waals surface area contributed by atoms with Gasteiger partial charge in [-0.05, 0) is 74.5 Å². The normalized spacial score (nSPS) is 14.5. The average molecular weight is 410 g/mol. The lowest BCUT2D eigenvalue weighted by molar-refractivity contribution is 0.949. The zero-order valence-corrected chi connectivity index (χ0v) is 15.0. The van der Waals surface area contributed by atoms with E-state index in [2.05, 4.69) is 84.5 Å². The smallest absolute Gasteiger partial charge is 0.0602 e. The van der Waals surface area contributed by atoms with Crippen molar-refractivity contribution in [2.75, 3.05) is 23.3 Å². The van der Waals surface area contributed by atoms with Crippen molar-refractivity contribution in [2.24, 2.45) is 0 Å². The number of hydrogen-bond donors (Lipinski definition) is 1. The van der Waals surface area contributed by atoms with Crippen LogP contribution in [0.2, 0.25) is 0 Å². The van der Waals surface area contributed by atoms with Crippen molar-refractivity contribution >= 4 is 43.2 Å². The van der Waals surface area contributed by atoms with Crippen LogP contribution in [0.1, 0.15) is 18.4 Å². The van der Waals surface area contributed by atoms with Crippen molar-refractivity contribution < 1.29 is 0 Å². The van der Waals surface area contributed by atoms with Gasteiger partial charge in [0.2, 0.25) is 0 Å². The van der Waals surface area contributed by atoms with Crippen LogP contribution in [0, 0.1) is 0 Å². The Labute approximate surface area is 142 Å². The Morgan fingerprint density at radius 3 is 2.48 bits per heavy atom. The van der Waals surface area contributed by atoms with Crippen molar-refractivity contribution in [1.82, 2.24) is 0 Å².